The molecular weight excluding hydrogens is 270 g/mol. The zero-order valence-electron chi connectivity index (χ0n) is 12.6. The first-order valence-corrected chi connectivity index (χ1v) is 6.77. The quantitative estimate of drug-likeness (QED) is 0.675. The van der Waals surface area contributed by atoms with Crippen LogP contribution in [0.25, 0.3) is 0 Å². The van der Waals surface area contributed by atoms with Gasteiger partial charge in [-0.3, -0.25) is 10.1 Å². The van der Waals surface area contributed by atoms with Gasteiger partial charge in [0, 0.05) is 19.0 Å². The Morgan fingerprint density at radius 1 is 1.38 bits per heavy atom. The molecule has 0 aliphatic heterocycles. The molecule has 7 nitrogen and oxygen atoms in total. The Morgan fingerprint density at radius 2 is 2.10 bits per heavy atom. The predicted octanol–water partition coefficient (Wildman–Crippen LogP) is 2.77. The average Bonchev–Trinajstić information content (AvgIpc) is 2.77. The van der Waals surface area contributed by atoms with E-state index in [0.717, 1.165) is 17.2 Å². The van der Waals surface area contributed by atoms with Crippen LogP contribution in [0.1, 0.15) is 37.0 Å². The minimum Gasteiger partial charge on any atom is -0.372 e. The zero-order chi connectivity index (χ0) is 15.6. The number of rotatable bonds is 5. The molecule has 7 heteroatoms. The van der Waals surface area contributed by atoms with Gasteiger partial charge in [-0.05, 0) is 18.6 Å². The van der Waals surface area contributed by atoms with Crippen molar-refractivity contribution in [2.75, 3.05) is 5.32 Å². The van der Waals surface area contributed by atoms with Crippen LogP contribution in [0.15, 0.2) is 18.2 Å². The van der Waals surface area contributed by atoms with Crippen LogP contribution >= 0.6 is 0 Å². The molecule has 112 valence electrons. The largest absolute Gasteiger partial charge is 0.372 e. The van der Waals surface area contributed by atoms with Crippen LogP contribution in [-0.4, -0.2) is 19.7 Å². The molecule has 0 spiro atoms. The molecule has 0 aliphatic carbocycles. The summed E-state index contributed by atoms with van der Waals surface area (Å²) >= 11 is 0. The number of aromatic nitrogens is 3. The van der Waals surface area contributed by atoms with Gasteiger partial charge < -0.3 is 9.88 Å². The van der Waals surface area contributed by atoms with Gasteiger partial charge in [-0.2, -0.15) is 0 Å². The summed E-state index contributed by atoms with van der Waals surface area (Å²) in [6.07, 6.45) is 0. The van der Waals surface area contributed by atoms with E-state index in [9.17, 15) is 10.1 Å². The van der Waals surface area contributed by atoms with E-state index < -0.39 is 4.92 Å². The van der Waals surface area contributed by atoms with Gasteiger partial charge in [-0.15, -0.1) is 10.2 Å². The number of hydrogen-bond donors (Lipinski definition) is 1. The van der Waals surface area contributed by atoms with E-state index in [4.69, 9.17) is 0 Å². The molecule has 0 saturated carbocycles. The summed E-state index contributed by atoms with van der Waals surface area (Å²) in [5, 5.41) is 22.4. The van der Waals surface area contributed by atoms with Crippen molar-refractivity contribution in [1.29, 1.82) is 0 Å². The van der Waals surface area contributed by atoms with E-state index in [1.54, 1.807) is 12.1 Å². The highest BCUT2D eigenvalue weighted by Gasteiger charge is 2.15. The minimum atomic E-state index is -0.391. The van der Waals surface area contributed by atoms with E-state index >= 15 is 0 Å². The van der Waals surface area contributed by atoms with Crippen LogP contribution in [0, 0.1) is 17.0 Å². The molecule has 1 aromatic heterocycles. The van der Waals surface area contributed by atoms with Crippen molar-refractivity contribution in [1.82, 2.24) is 14.8 Å². The third-order valence-electron chi connectivity index (χ3n) is 3.30. The van der Waals surface area contributed by atoms with Crippen molar-refractivity contribution in [2.45, 2.75) is 33.2 Å². The van der Waals surface area contributed by atoms with E-state index in [1.807, 2.05) is 32.4 Å². The van der Waals surface area contributed by atoms with Gasteiger partial charge in [0.1, 0.15) is 11.5 Å². The number of nitrogens with one attached hydrogen (secondary N) is 1. The first-order chi connectivity index (χ1) is 9.90. The van der Waals surface area contributed by atoms with Crippen molar-refractivity contribution in [3.8, 4) is 0 Å². The Kier molecular flexibility index (Phi) is 4.21. The molecule has 2 rings (SSSR count). The molecule has 0 saturated heterocycles. The Balaban J connectivity index is 2.20. The van der Waals surface area contributed by atoms with Gasteiger partial charge in [0.2, 0.25) is 0 Å². The molecule has 0 radical (unpaired) electrons. The summed E-state index contributed by atoms with van der Waals surface area (Å²) in [4.78, 5) is 10.6. The first-order valence-electron chi connectivity index (χ1n) is 6.77. The molecule has 0 bridgehead atoms. The van der Waals surface area contributed by atoms with Gasteiger partial charge in [-0.25, -0.2) is 0 Å². The first kappa shape index (κ1) is 15.0. The van der Waals surface area contributed by atoms with Gasteiger partial charge >= 0.3 is 0 Å². The minimum absolute atomic E-state index is 0.0619. The topological polar surface area (TPSA) is 85.9 Å². The normalized spacial score (nSPS) is 10.9. The second-order valence-electron chi connectivity index (χ2n) is 5.32. The smallest absolute Gasteiger partial charge is 0.292 e. The maximum absolute atomic E-state index is 11.0. The second kappa shape index (κ2) is 5.90. The van der Waals surface area contributed by atoms with Crippen LogP contribution in [0.2, 0.25) is 0 Å². The lowest BCUT2D eigenvalue weighted by Crippen LogP contribution is -2.09. The molecule has 0 unspecified atom stereocenters. The van der Waals surface area contributed by atoms with E-state index in [-0.39, 0.29) is 11.6 Å². The molecule has 0 atom stereocenters. The fraction of sp³-hybridized carbons (Fsp3) is 0.429. The van der Waals surface area contributed by atoms with Gasteiger partial charge in [0.15, 0.2) is 5.82 Å². The number of nitro groups is 1. The van der Waals surface area contributed by atoms with Gasteiger partial charge in [0.05, 0.1) is 11.5 Å². The summed E-state index contributed by atoms with van der Waals surface area (Å²) in [7, 11) is 1.90. The Hall–Kier alpha value is -2.44. The number of aryl methyl sites for hydroxylation is 1. The third-order valence-corrected chi connectivity index (χ3v) is 3.30. The highest BCUT2D eigenvalue weighted by Crippen LogP contribution is 2.25. The Labute approximate surface area is 123 Å². The maximum Gasteiger partial charge on any atom is 0.292 e. The predicted molar refractivity (Wildman–Crippen MR) is 80.3 cm³/mol. The molecule has 0 fully saturated rings. The van der Waals surface area contributed by atoms with E-state index in [0.29, 0.717) is 12.2 Å². The van der Waals surface area contributed by atoms with Crippen molar-refractivity contribution < 1.29 is 4.92 Å². The average molecular weight is 289 g/mol. The fourth-order valence-electron chi connectivity index (χ4n) is 2.16. The van der Waals surface area contributed by atoms with Gasteiger partial charge in [0.25, 0.3) is 5.69 Å². The summed E-state index contributed by atoms with van der Waals surface area (Å²) in [6, 6.07) is 4.99. The standard InChI is InChI=1S/C14H19N5O2/c1-9(2)14-17-16-13(18(14)4)8-15-11-7-10(3)5-6-12(11)19(20)21/h5-7,9,15H,8H2,1-4H3. The maximum atomic E-state index is 11.0. The zero-order valence-corrected chi connectivity index (χ0v) is 12.6. The molecule has 21 heavy (non-hydrogen) atoms. The summed E-state index contributed by atoms with van der Waals surface area (Å²) in [6.45, 7) is 6.38. The fourth-order valence-corrected chi connectivity index (χ4v) is 2.16. The molecule has 1 aromatic carbocycles. The SMILES string of the molecule is Cc1ccc([N+](=O)[O-])c(NCc2nnc(C(C)C)n2C)c1. The Bertz CT molecular complexity index is 663. The van der Waals surface area contributed by atoms with Crippen molar-refractivity contribution >= 4 is 11.4 Å². The lowest BCUT2D eigenvalue weighted by molar-refractivity contribution is -0.384. The molecule has 1 N–H and O–H groups in total. The van der Waals surface area contributed by atoms with Crippen LogP contribution < -0.4 is 5.32 Å². The molecule has 1 heterocycles. The number of anilines is 1. The van der Waals surface area contributed by atoms with Crippen LogP contribution in [0.4, 0.5) is 11.4 Å². The summed E-state index contributed by atoms with van der Waals surface area (Å²) in [5.41, 5.74) is 1.52. The second-order valence-corrected chi connectivity index (χ2v) is 5.32. The van der Waals surface area contributed by atoms with Crippen LogP contribution in [-0.2, 0) is 13.6 Å². The molecule has 2 aromatic rings. The van der Waals surface area contributed by atoms with Crippen LogP contribution in [0.3, 0.4) is 0 Å². The summed E-state index contributed by atoms with van der Waals surface area (Å²) in [5.74, 6) is 1.92. The van der Waals surface area contributed by atoms with E-state index in [2.05, 4.69) is 15.5 Å². The number of hydrogen-bond acceptors (Lipinski definition) is 5. The number of nitrogens with zero attached hydrogens (tertiary/aromatic N) is 4. The van der Waals surface area contributed by atoms with Crippen LogP contribution in [0.5, 0.6) is 0 Å². The molecule has 0 amide bonds. The lowest BCUT2D eigenvalue weighted by Gasteiger charge is -2.09. The highest BCUT2D eigenvalue weighted by molar-refractivity contribution is 5.62. The van der Waals surface area contributed by atoms with Crippen molar-refractivity contribution in [3.63, 3.8) is 0 Å². The monoisotopic (exact) mass is 289 g/mol. The molecular formula is C14H19N5O2. The summed E-state index contributed by atoms with van der Waals surface area (Å²) < 4.78 is 1.92. The van der Waals surface area contributed by atoms with Crippen molar-refractivity contribution in [3.05, 3.63) is 45.5 Å². The highest BCUT2D eigenvalue weighted by atomic mass is 16.6. The third kappa shape index (κ3) is 3.18. The number of nitro benzene ring substituents is 1. The van der Waals surface area contributed by atoms with Gasteiger partial charge in [-0.1, -0.05) is 19.9 Å². The van der Waals surface area contributed by atoms with E-state index in [1.165, 1.54) is 6.07 Å². The Morgan fingerprint density at radius 3 is 2.67 bits per heavy atom. The number of benzene rings is 1. The van der Waals surface area contributed by atoms with Crippen molar-refractivity contribution in [2.24, 2.45) is 7.05 Å². The molecule has 0 aliphatic rings. The lowest BCUT2D eigenvalue weighted by atomic mass is 10.2.